The number of para-hydroxylation sites is 1. The van der Waals surface area contributed by atoms with Crippen molar-refractivity contribution in [1.82, 2.24) is 5.32 Å². The molecule has 0 aliphatic carbocycles. The van der Waals surface area contributed by atoms with Crippen molar-refractivity contribution in [3.05, 3.63) is 94.8 Å². The second-order valence-corrected chi connectivity index (χ2v) is 8.60. The summed E-state index contributed by atoms with van der Waals surface area (Å²) < 4.78 is 14.9. The van der Waals surface area contributed by atoms with Crippen LogP contribution in [-0.2, 0) is 11.2 Å². The van der Waals surface area contributed by atoms with Crippen molar-refractivity contribution in [2.45, 2.75) is 31.3 Å². The zero-order valence-electron chi connectivity index (χ0n) is 18.9. The van der Waals surface area contributed by atoms with E-state index in [-0.39, 0.29) is 30.2 Å². The van der Waals surface area contributed by atoms with Crippen LogP contribution < -0.4 is 16.0 Å². The predicted molar refractivity (Wildman–Crippen MR) is 130 cm³/mol. The van der Waals surface area contributed by atoms with Crippen molar-refractivity contribution < 1.29 is 14.3 Å². The lowest BCUT2D eigenvalue weighted by Gasteiger charge is -2.36. The van der Waals surface area contributed by atoms with Crippen LogP contribution in [0.15, 0.2) is 66.7 Å². The number of carbonyl (C=O) groups is 1. The first-order valence-electron chi connectivity index (χ1n) is 11.3. The van der Waals surface area contributed by atoms with Crippen LogP contribution in [0.25, 0.3) is 0 Å². The number of aliphatic carboxylic acids is 1. The summed E-state index contributed by atoms with van der Waals surface area (Å²) in [5.41, 5.74) is 4.42. The normalized spacial score (nSPS) is 16.3. The molecule has 3 aromatic carbocycles. The molecule has 3 atom stereocenters. The Balaban J connectivity index is 1.57. The summed E-state index contributed by atoms with van der Waals surface area (Å²) in [7, 11) is 0. The molecule has 0 bridgehead atoms. The van der Waals surface area contributed by atoms with E-state index in [1.54, 1.807) is 18.2 Å². The van der Waals surface area contributed by atoms with Crippen molar-refractivity contribution in [2.75, 3.05) is 23.7 Å². The van der Waals surface area contributed by atoms with Gasteiger partial charge in [-0.25, -0.2) is 4.39 Å². The molecule has 1 aliphatic rings. The topological polar surface area (TPSA) is 97.2 Å². The highest BCUT2D eigenvalue weighted by molar-refractivity contribution is 5.77. The third-order valence-corrected chi connectivity index (χ3v) is 6.19. The molecule has 7 heteroatoms. The van der Waals surface area contributed by atoms with E-state index in [0.717, 1.165) is 22.5 Å². The van der Waals surface area contributed by atoms with Crippen LogP contribution in [0.2, 0.25) is 0 Å². The highest BCUT2D eigenvalue weighted by Crippen LogP contribution is 2.33. The second kappa shape index (κ2) is 10.4. The van der Waals surface area contributed by atoms with E-state index in [2.05, 4.69) is 28.9 Å². The first-order valence-corrected chi connectivity index (χ1v) is 11.3. The van der Waals surface area contributed by atoms with E-state index < -0.39 is 5.97 Å². The standard InChI is InChI=1S/C27H27FN4O2/c1-17(19-7-4-6-18(12-19)13-25(33)34)15-31-27(21-9-2-3-10-22(21)28)24-16-30-23-11-5-8-20(14-29)26(23)32-24/h2-12,17,24,27,30-32H,13,15-16H2,1H3,(H,33,34)/t17-,24-,27-/m1/s1. The molecule has 3 aromatic rings. The second-order valence-electron chi connectivity index (χ2n) is 8.60. The fourth-order valence-electron chi connectivity index (χ4n) is 4.41. The van der Waals surface area contributed by atoms with Crippen molar-refractivity contribution in [3.8, 4) is 6.07 Å². The van der Waals surface area contributed by atoms with Crippen molar-refractivity contribution >= 4 is 17.3 Å². The van der Waals surface area contributed by atoms with Gasteiger partial charge in [0.05, 0.1) is 35.4 Å². The Bertz CT molecular complexity index is 1220. The van der Waals surface area contributed by atoms with E-state index in [0.29, 0.717) is 24.2 Å². The Morgan fingerprint density at radius 1 is 1.21 bits per heavy atom. The smallest absolute Gasteiger partial charge is 0.307 e. The van der Waals surface area contributed by atoms with Gasteiger partial charge in [-0.05, 0) is 35.2 Å². The Hall–Kier alpha value is -3.89. The summed E-state index contributed by atoms with van der Waals surface area (Å²) >= 11 is 0. The molecule has 0 unspecified atom stereocenters. The maximum Gasteiger partial charge on any atom is 0.307 e. The third kappa shape index (κ3) is 5.19. The molecule has 6 nitrogen and oxygen atoms in total. The lowest BCUT2D eigenvalue weighted by atomic mass is 9.93. The Labute approximate surface area is 198 Å². The lowest BCUT2D eigenvalue weighted by molar-refractivity contribution is -0.136. The Morgan fingerprint density at radius 2 is 2.00 bits per heavy atom. The maximum absolute atomic E-state index is 14.9. The van der Waals surface area contributed by atoms with Crippen LogP contribution in [0, 0.1) is 17.1 Å². The fraction of sp³-hybridized carbons (Fsp3) is 0.259. The molecule has 4 N–H and O–H groups in total. The molecule has 0 saturated carbocycles. The molecule has 0 saturated heterocycles. The predicted octanol–water partition coefficient (Wildman–Crippen LogP) is 4.67. The van der Waals surface area contributed by atoms with Gasteiger partial charge in [0.2, 0.25) is 0 Å². The van der Waals surface area contributed by atoms with Crippen molar-refractivity contribution in [2.24, 2.45) is 0 Å². The molecule has 1 aliphatic heterocycles. The lowest BCUT2D eigenvalue weighted by Crippen LogP contribution is -2.45. The summed E-state index contributed by atoms with van der Waals surface area (Å²) in [6.07, 6.45) is -0.0237. The van der Waals surface area contributed by atoms with Gasteiger partial charge in [0.15, 0.2) is 0 Å². The highest BCUT2D eigenvalue weighted by atomic mass is 19.1. The number of rotatable bonds is 8. The van der Waals surface area contributed by atoms with E-state index in [9.17, 15) is 14.4 Å². The summed E-state index contributed by atoms with van der Waals surface area (Å²) in [6, 6.07) is 21.4. The van der Waals surface area contributed by atoms with Crippen LogP contribution >= 0.6 is 0 Å². The molecule has 174 valence electrons. The quantitative estimate of drug-likeness (QED) is 0.392. The Morgan fingerprint density at radius 3 is 2.76 bits per heavy atom. The number of nitrogens with zero attached hydrogens (tertiary/aromatic N) is 1. The largest absolute Gasteiger partial charge is 0.481 e. The Kier molecular flexibility index (Phi) is 7.09. The van der Waals surface area contributed by atoms with Gasteiger partial charge < -0.3 is 21.1 Å². The highest BCUT2D eigenvalue weighted by Gasteiger charge is 2.30. The number of fused-ring (bicyclic) bond motifs is 1. The van der Waals surface area contributed by atoms with Gasteiger partial charge in [0, 0.05) is 18.7 Å². The zero-order chi connectivity index (χ0) is 24.1. The third-order valence-electron chi connectivity index (χ3n) is 6.19. The first kappa shape index (κ1) is 23.3. The summed E-state index contributed by atoms with van der Waals surface area (Å²) in [6.45, 7) is 3.16. The van der Waals surface area contributed by atoms with Crippen LogP contribution in [-0.4, -0.2) is 30.2 Å². The molecule has 34 heavy (non-hydrogen) atoms. The van der Waals surface area contributed by atoms with Gasteiger partial charge >= 0.3 is 5.97 Å². The van der Waals surface area contributed by atoms with E-state index in [1.165, 1.54) is 6.07 Å². The van der Waals surface area contributed by atoms with Gasteiger partial charge in [-0.1, -0.05) is 55.5 Å². The van der Waals surface area contributed by atoms with E-state index in [4.69, 9.17) is 5.11 Å². The van der Waals surface area contributed by atoms with Crippen LogP contribution in [0.4, 0.5) is 15.8 Å². The van der Waals surface area contributed by atoms with Gasteiger partial charge in [-0.3, -0.25) is 4.79 Å². The zero-order valence-corrected chi connectivity index (χ0v) is 18.9. The molecule has 0 aromatic heterocycles. The maximum atomic E-state index is 14.9. The number of anilines is 2. The molecular formula is C27H27FN4O2. The number of nitriles is 1. The van der Waals surface area contributed by atoms with Gasteiger partial charge in [0.25, 0.3) is 0 Å². The van der Waals surface area contributed by atoms with E-state index >= 15 is 0 Å². The summed E-state index contributed by atoms with van der Waals surface area (Å²) in [5, 5.41) is 29.0. The minimum atomic E-state index is -0.865. The number of carboxylic acids is 1. The number of nitrogens with one attached hydrogen (secondary N) is 3. The monoisotopic (exact) mass is 458 g/mol. The summed E-state index contributed by atoms with van der Waals surface area (Å²) in [5.74, 6) is -1.09. The molecule has 4 rings (SSSR count). The van der Waals surface area contributed by atoms with Crippen LogP contribution in [0.1, 0.15) is 41.1 Å². The fourth-order valence-corrected chi connectivity index (χ4v) is 4.41. The molecule has 0 fully saturated rings. The minimum absolute atomic E-state index is 0.0237. The van der Waals surface area contributed by atoms with E-state index in [1.807, 2.05) is 42.5 Å². The number of hydrogen-bond acceptors (Lipinski definition) is 5. The first-order chi connectivity index (χ1) is 16.5. The molecule has 1 heterocycles. The average molecular weight is 459 g/mol. The molecular weight excluding hydrogens is 431 g/mol. The van der Waals surface area contributed by atoms with Crippen LogP contribution in [0.5, 0.6) is 0 Å². The van der Waals surface area contributed by atoms with Crippen LogP contribution in [0.3, 0.4) is 0 Å². The van der Waals surface area contributed by atoms with Gasteiger partial charge in [0.1, 0.15) is 11.9 Å². The van der Waals surface area contributed by atoms with Crippen molar-refractivity contribution in [1.29, 1.82) is 5.26 Å². The minimum Gasteiger partial charge on any atom is -0.481 e. The van der Waals surface area contributed by atoms with Gasteiger partial charge in [-0.2, -0.15) is 5.26 Å². The number of carboxylic acid groups (broad SMARTS) is 1. The number of hydrogen-bond donors (Lipinski definition) is 4. The molecule has 0 spiro atoms. The SMILES string of the molecule is C[C@H](CN[C@H](c1ccccc1F)[C@H]1CNc2cccc(C#N)c2N1)c1cccc(CC(=O)O)c1. The average Bonchev–Trinajstić information content (AvgIpc) is 2.84. The molecule has 0 amide bonds. The summed E-state index contributed by atoms with van der Waals surface area (Å²) in [4.78, 5) is 11.1. The number of halogens is 1. The van der Waals surface area contributed by atoms with Crippen molar-refractivity contribution in [3.63, 3.8) is 0 Å². The van der Waals surface area contributed by atoms with Gasteiger partial charge in [-0.15, -0.1) is 0 Å². The molecule has 0 radical (unpaired) electrons. The number of benzene rings is 3.